The summed E-state index contributed by atoms with van der Waals surface area (Å²) in [6.07, 6.45) is -1.66. The number of ketones is 1. The lowest BCUT2D eigenvalue weighted by atomic mass is 9.88. The van der Waals surface area contributed by atoms with E-state index in [2.05, 4.69) is 0 Å². The Morgan fingerprint density at radius 1 is 1.28 bits per heavy atom. The zero-order valence-electron chi connectivity index (χ0n) is 11.0. The van der Waals surface area contributed by atoms with Crippen molar-refractivity contribution in [2.45, 2.75) is 33.0 Å². The van der Waals surface area contributed by atoms with E-state index in [0.717, 1.165) is 0 Å². The Hall–Kier alpha value is -0.980. The summed E-state index contributed by atoms with van der Waals surface area (Å²) in [5.41, 5.74) is -1.20. The zero-order valence-corrected chi connectivity index (χ0v) is 11.0. The molecule has 1 rings (SSSR count). The number of ether oxygens (including phenoxy) is 1. The third kappa shape index (κ3) is 3.28. The van der Waals surface area contributed by atoms with Gasteiger partial charge < -0.3 is 14.9 Å². The van der Waals surface area contributed by atoms with Gasteiger partial charge in [0.1, 0.15) is 5.41 Å². The van der Waals surface area contributed by atoms with Crippen LogP contribution in [0.25, 0.3) is 0 Å². The van der Waals surface area contributed by atoms with Gasteiger partial charge in [-0.1, -0.05) is 0 Å². The lowest BCUT2D eigenvalue weighted by Crippen LogP contribution is -2.42. The Morgan fingerprint density at radius 3 is 2.22 bits per heavy atom. The van der Waals surface area contributed by atoms with E-state index in [0.29, 0.717) is 0 Å². The fourth-order valence-electron chi connectivity index (χ4n) is 1.80. The van der Waals surface area contributed by atoms with Crippen LogP contribution in [0, 0.1) is 5.41 Å². The largest absolute Gasteiger partial charge is 0.465 e. The number of hydrogen-bond acceptors (Lipinski definition) is 6. The topological polar surface area (TPSA) is 87.1 Å². The molecule has 0 bridgehead atoms. The van der Waals surface area contributed by atoms with Crippen LogP contribution in [0.3, 0.4) is 0 Å². The van der Waals surface area contributed by atoms with Crippen LogP contribution in [0.5, 0.6) is 0 Å². The Kier molecular flexibility index (Phi) is 4.84. The molecule has 1 aliphatic heterocycles. The molecule has 0 spiro atoms. The molecule has 1 aliphatic rings. The molecule has 2 N–H and O–H groups in total. The molecule has 0 aromatic heterocycles. The highest BCUT2D eigenvalue weighted by molar-refractivity contribution is 6.03. The van der Waals surface area contributed by atoms with Gasteiger partial charge in [-0.3, -0.25) is 14.5 Å². The SMILES string of the molecule is CCOC(=O)C(C)(C)C(=O)CN1CC(O)C(O)C1. The summed E-state index contributed by atoms with van der Waals surface area (Å²) in [4.78, 5) is 25.3. The molecule has 2 atom stereocenters. The molecule has 0 saturated carbocycles. The van der Waals surface area contributed by atoms with Crippen molar-refractivity contribution in [2.24, 2.45) is 5.41 Å². The average Bonchev–Trinajstić information content (AvgIpc) is 2.58. The second kappa shape index (κ2) is 5.77. The number of rotatable bonds is 5. The van der Waals surface area contributed by atoms with Crippen LogP contribution in [0.1, 0.15) is 20.8 Å². The van der Waals surface area contributed by atoms with Gasteiger partial charge in [0.15, 0.2) is 5.78 Å². The van der Waals surface area contributed by atoms with Gasteiger partial charge in [-0.2, -0.15) is 0 Å². The molecule has 0 aliphatic carbocycles. The van der Waals surface area contributed by atoms with Gasteiger partial charge in [-0.15, -0.1) is 0 Å². The van der Waals surface area contributed by atoms with Crippen LogP contribution in [0.15, 0.2) is 0 Å². The van der Waals surface area contributed by atoms with Gasteiger partial charge in [0.2, 0.25) is 0 Å². The molecule has 2 unspecified atom stereocenters. The molecule has 18 heavy (non-hydrogen) atoms. The summed E-state index contributed by atoms with van der Waals surface area (Å²) < 4.78 is 4.86. The monoisotopic (exact) mass is 259 g/mol. The van der Waals surface area contributed by atoms with Crippen molar-refractivity contribution in [3.63, 3.8) is 0 Å². The van der Waals surface area contributed by atoms with E-state index in [9.17, 15) is 19.8 Å². The van der Waals surface area contributed by atoms with Crippen LogP contribution in [0.4, 0.5) is 0 Å². The number of likely N-dealkylation sites (tertiary alicyclic amines) is 1. The van der Waals surface area contributed by atoms with Gasteiger partial charge >= 0.3 is 5.97 Å². The maximum absolute atomic E-state index is 12.0. The molecule has 0 amide bonds. The highest BCUT2D eigenvalue weighted by Gasteiger charge is 2.40. The van der Waals surface area contributed by atoms with Crippen LogP contribution in [-0.2, 0) is 14.3 Å². The fraction of sp³-hybridized carbons (Fsp3) is 0.833. The van der Waals surface area contributed by atoms with Crippen LogP contribution in [0.2, 0.25) is 0 Å². The highest BCUT2D eigenvalue weighted by Crippen LogP contribution is 2.21. The maximum atomic E-state index is 12.0. The molecular formula is C12H21NO5. The zero-order chi connectivity index (χ0) is 13.9. The third-order valence-electron chi connectivity index (χ3n) is 3.18. The standard InChI is InChI=1S/C12H21NO5/c1-4-18-11(17)12(2,3)10(16)7-13-5-8(14)9(15)6-13/h8-9,14-15H,4-7H2,1-3H3. The smallest absolute Gasteiger partial charge is 0.319 e. The van der Waals surface area contributed by atoms with Crippen molar-refractivity contribution in [1.29, 1.82) is 0 Å². The first-order valence-electron chi connectivity index (χ1n) is 6.08. The molecule has 1 fully saturated rings. The molecular weight excluding hydrogens is 238 g/mol. The summed E-state index contributed by atoms with van der Waals surface area (Å²) in [5.74, 6) is -0.822. The predicted molar refractivity (Wildman–Crippen MR) is 63.9 cm³/mol. The average molecular weight is 259 g/mol. The second-order valence-electron chi connectivity index (χ2n) is 5.10. The van der Waals surface area contributed by atoms with Crippen molar-refractivity contribution in [3.8, 4) is 0 Å². The molecule has 0 aromatic carbocycles. The summed E-state index contributed by atoms with van der Waals surface area (Å²) in [6, 6.07) is 0. The van der Waals surface area contributed by atoms with Crippen LogP contribution >= 0.6 is 0 Å². The van der Waals surface area contributed by atoms with Crippen molar-refractivity contribution in [1.82, 2.24) is 4.90 Å². The van der Waals surface area contributed by atoms with Crippen LogP contribution in [-0.4, -0.2) is 65.3 Å². The fourth-order valence-corrected chi connectivity index (χ4v) is 1.80. The number of nitrogens with zero attached hydrogens (tertiary/aromatic N) is 1. The lowest BCUT2D eigenvalue weighted by molar-refractivity contribution is -0.158. The Bertz CT molecular complexity index is 318. The minimum Gasteiger partial charge on any atom is -0.465 e. The first-order chi connectivity index (χ1) is 8.28. The van der Waals surface area contributed by atoms with E-state index >= 15 is 0 Å². The first kappa shape index (κ1) is 15.1. The van der Waals surface area contributed by atoms with Gasteiger partial charge in [0.05, 0.1) is 25.4 Å². The van der Waals surface area contributed by atoms with Gasteiger partial charge in [-0.25, -0.2) is 0 Å². The number of aliphatic hydroxyl groups is 2. The highest BCUT2D eigenvalue weighted by atomic mass is 16.5. The minimum absolute atomic E-state index is 0.0277. The molecule has 0 aromatic rings. The van der Waals surface area contributed by atoms with Crippen molar-refractivity contribution < 1.29 is 24.5 Å². The Morgan fingerprint density at radius 2 is 1.78 bits per heavy atom. The lowest BCUT2D eigenvalue weighted by Gasteiger charge is -2.23. The van der Waals surface area contributed by atoms with E-state index in [1.54, 1.807) is 11.8 Å². The van der Waals surface area contributed by atoms with E-state index in [4.69, 9.17) is 4.74 Å². The number of hydrogen-bond donors (Lipinski definition) is 2. The number of carbonyl (C=O) groups excluding carboxylic acids is 2. The normalized spacial score (nSPS) is 25.2. The quantitative estimate of drug-likeness (QED) is 0.495. The molecule has 1 heterocycles. The van der Waals surface area contributed by atoms with E-state index in [1.807, 2.05) is 0 Å². The second-order valence-corrected chi connectivity index (χ2v) is 5.10. The maximum Gasteiger partial charge on any atom is 0.319 e. The van der Waals surface area contributed by atoms with Crippen molar-refractivity contribution >= 4 is 11.8 Å². The third-order valence-corrected chi connectivity index (χ3v) is 3.18. The summed E-state index contributed by atoms with van der Waals surface area (Å²) in [6.45, 7) is 5.48. The predicted octanol–water partition coefficient (Wildman–Crippen LogP) is -0.818. The molecule has 104 valence electrons. The van der Waals surface area contributed by atoms with Crippen LogP contribution < -0.4 is 0 Å². The van der Waals surface area contributed by atoms with E-state index < -0.39 is 23.6 Å². The van der Waals surface area contributed by atoms with Gasteiger partial charge in [0.25, 0.3) is 0 Å². The minimum atomic E-state index is -1.20. The Balaban J connectivity index is 2.57. The number of Topliss-reactive ketones (excluding diaryl/α,β-unsaturated/α-hetero) is 1. The number of esters is 1. The Labute approximate surface area is 107 Å². The molecule has 1 saturated heterocycles. The van der Waals surface area contributed by atoms with Gasteiger partial charge in [-0.05, 0) is 20.8 Å². The number of carbonyl (C=O) groups is 2. The summed E-state index contributed by atoms with van der Waals surface area (Å²) in [7, 11) is 0. The van der Waals surface area contributed by atoms with Crippen molar-refractivity contribution in [2.75, 3.05) is 26.2 Å². The van der Waals surface area contributed by atoms with Gasteiger partial charge in [0, 0.05) is 13.1 Å². The van der Waals surface area contributed by atoms with Crippen molar-refractivity contribution in [3.05, 3.63) is 0 Å². The summed E-state index contributed by atoms with van der Waals surface area (Å²) >= 11 is 0. The summed E-state index contributed by atoms with van der Waals surface area (Å²) in [5, 5.41) is 18.8. The van der Waals surface area contributed by atoms with E-state index in [1.165, 1.54) is 13.8 Å². The molecule has 6 heteroatoms. The first-order valence-corrected chi connectivity index (χ1v) is 6.08. The molecule has 0 radical (unpaired) electrons. The number of β-amino-alcohol motifs (C(OH)–C–C–N with tert-alkyl or cyclic N) is 2. The van der Waals surface area contributed by atoms with E-state index in [-0.39, 0.29) is 32.0 Å². The number of aliphatic hydroxyl groups excluding tert-OH is 2. The molecule has 6 nitrogen and oxygen atoms in total.